The molecule has 0 bridgehead atoms. The van der Waals surface area contributed by atoms with E-state index in [0.29, 0.717) is 0 Å². The Hall–Kier alpha value is -2.58. The molecule has 2 heterocycles. The first kappa shape index (κ1) is 16.9. The molecule has 2 aromatic heterocycles. The lowest BCUT2D eigenvalue weighted by atomic mass is 9.89. The summed E-state index contributed by atoms with van der Waals surface area (Å²) in [7, 11) is 4.37. The highest BCUT2D eigenvalue weighted by molar-refractivity contribution is 5.86. The van der Waals surface area contributed by atoms with E-state index in [-0.39, 0.29) is 0 Å². The zero-order valence-electron chi connectivity index (χ0n) is 15.6. The van der Waals surface area contributed by atoms with Gasteiger partial charge < -0.3 is 10.2 Å². The number of aromatic nitrogens is 2. The van der Waals surface area contributed by atoms with E-state index in [2.05, 4.69) is 35.9 Å². The molecule has 0 saturated carbocycles. The summed E-state index contributed by atoms with van der Waals surface area (Å²) in [6.07, 6.45) is 5.47. The van der Waals surface area contributed by atoms with E-state index >= 15 is 0 Å². The van der Waals surface area contributed by atoms with E-state index in [1.54, 1.807) is 0 Å². The van der Waals surface area contributed by atoms with Gasteiger partial charge in [0.05, 0.1) is 37.2 Å². The molecule has 5 nitrogen and oxygen atoms in total. The molecule has 3 aromatic rings. The standard InChI is InChI=1S/C21H25N5/c1-25(2)13-7-12-23-20-16-9-4-3-8-15(16)17(14-22)21-24-18-10-5-6-11-19(18)26(20)21/h5-6,10-11,23H,3-4,7-9,12-13H2,1-2H3/p+1. The predicted molar refractivity (Wildman–Crippen MR) is 105 cm³/mol. The van der Waals surface area contributed by atoms with E-state index < -0.39 is 0 Å². The Bertz CT molecular complexity index is 993. The lowest BCUT2D eigenvalue weighted by Crippen LogP contribution is -3.05. The molecule has 0 aliphatic heterocycles. The molecule has 0 amide bonds. The van der Waals surface area contributed by atoms with Gasteiger partial charge in [0.15, 0.2) is 5.65 Å². The summed E-state index contributed by atoms with van der Waals surface area (Å²) in [6, 6.07) is 10.6. The van der Waals surface area contributed by atoms with E-state index in [0.717, 1.165) is 66.8 Å². The molecule has 26 heavy (non-hydrogen) atoms. The first-order valence-electron chi connectivity index (χ1n) is 9.58. The fourth-order valence-corrected chi connectivity index (χ4v) is 4.08. The maximum Gasteiger partial charge on any atom is 0.157 e. The molecule has 1 aliphatic carbocycles. The molecule has 1 aromatic carbocycles. The molecule has 1 aliphatic rings. The summed E-state index contributed by atoms with van der Waals surface area (Å²) in [6.45, 7) is 2.07. The van der Waals surface area contributed by atoms with Crippen molar-refractivity contribution in [2.24, 2.45) is 0 Å². The highest BCUT2D eigenvalue weighted by Gasteiger charge is 2.24. The van der Waals surface area contributed by atoms with Gasteiger partial charge in [-0.2, -0.15) is 5.26 Å². The maximum absolute atomic E-state index is 9.86. The molecule has 2 N–H and O–H groups in total. The minimum Gasteiger partial charge on any atom is -0.371 e. The van der Waals surface area contributed by atoms with Crippen LogP contribution < -0.4 is 10.2 Å². The van der Waals surface area contributed by atoms with Gasteiger partial charge in [-0.15, -0.1) is 0 Å². The van der Waals surface area contributed by atoms with Crippen LogP contribution in [0, 0.1) is 11.3 Å². The van der Waals surface area contributed by atoms with Crippen molar-refractivity contribution < 1.29 is 4.90 Å². The third-order valence-electron chi connectivity index (χ3n) is 5.32. The highest BCUT2D eigenvalue weighted by atomic mass is 15.1. The Morgan fingerprint density at radius 2 is 1.96 bits per heavy atom. The van der Waals surface area contributed by atoms with Crippen molar-refractivity contribution in [3.63, 3.8) is 0 Å². The highest BCUT2D eigenvalue weighted by Crippen LogP contribution is 2.35. The number of para-hydroxylation sites is 2. The molecule has 0 radical (unpaired) electrons. The van der Waals surface area contributed by atoms with Crippen molar-refractivity contribution in [3.8, 4) is 6.07 Å². The molecule has 0 atom stereocenters. The number of hydrogen-bond acceptors (Lipinski definition) is 3. The number of fused-ring (bicyclic) bond motifs is 4. The fourth-order valence-electron chi connectivity index (χ4n) is 4.08. The van der Waals surface area contributed by atoms with Crippen LogP contribution in [0.5, 0.6) is 0 Å². The number of quaternary nitrogens is 1. The van der Waals surface area contributed by atoms with E-state index in [1.807, 2.05) is 18.2 Å². The molecule has 4 rings (SSSR count). The number of nitrogens with one attached hydrogen (secondary N) is 2. The molecular weight excluding hydrogens is 322 g/mol. The van der Waals surface area contributed by atoms with Crippen molar-refractivity contribution in [1.29, 1.82) is 5.26 Å². The fraction of sp³-hybridized carbons (Fsp3) is 0.429. The van der Waals surface area contributed by atoms with Crippen LogP contribution in [0.15, 0.2) is 24.3 Å². The van der Waals surface area contributed by atoms with Crippen LogP contribution in [0.4, 0.5) is 5.82 Å². The van der Waals surface area contributed by atoms with Crippen molar-refractivity contribution in [2.75, 3.05) is 32.5 Å². The second-order valence-electron chi connectivity index (χ2n) is 7.50. The van der Waals surface area contributed by atoms with Crippen LogP contribution in [0.3, 0.4) is 0 Å². The van der Waals surface area contributed by atoms with Gasteiger partial charge in [0, 0.05) is 13.0 Å². The van der Waals surface area contributed by atoms with Crippen LogP contribution in [0.2, 0.25) is 0 Å². The number of nitrogens with zero attached hydrogens (tertiary/aromatic N) is 3. The monoisotopic (exact) mass is 348 g/mol. The number of hydrogen-bond donors (Lipinski definition) is 2. The van der Waals surface area contributed by atoms with Crippen LogP contribution in [0.1, 0.15) is 36.0 Å². The minimum atomic E-state index is 0.763. The molecular formula is C21H26N5+. The van der Waals surface area contributed by atoms with Gasteiger partial charge in [0.25, 0.3) is 0 Å². The summed E-state index contributed by atoms with van der Waals surface area (Å²) < 4.78 is 2.18. The van der Waals surface area contributed by atoms with Crippen molar-refractivity contribution in [3.05, 3.63) is 41.0 Å². The van der Waals surface area contributed by atoms with Crippen molar-refractivity contribution in [2.45, 2.75) is 32.1 Å². The molecule has 5 heteroatoms. The number of pyridine rings is 1. The van der Waals surface area contributed by atoms with Crippen LogP contribution in [-0.2, 0) is 12.8 Å². The van der Waals surface area contributed by atoms with Crippen molar-refractivity contribution in [1.82, 2.24) is 9.38 Å². The van der Waals surface area contributed by atoms with Gasteiger partial charge in [-0.1, -0.05) is 12.1 Å². The number of imidazole rings is 1. The summed E-state index contributed by atoms with van der Waals surface area (Å²) >= 11 is 0. The molecule has 134 valence electrons. The van der Waals surface area contributed by atoms with Gasteiger partial charge >= 0.3 is 0 Å². The number of benzene rings is 1. The van der Waals surface area contributed by atoms with Gasteiger partial charge in [-0.3, -0.25) is 4.40 Å². The molecule has 0 unspecified atom stereocenters. The third-order valence-corrected chi connectivity index (χ3v) is 5.32. The zero-order valence-corrected chi connectivity index (χ0v) is 15.6. The van der Waals surface area contributed by atoms with Gasteiger partial charge in [0.1, 0.15) is 11.9 Å². The van der Waals surface area contributed by atoms with Gasteiger partial charge in [-0.05, 0) is 48.9 Å². The summed E-state index contributed by atoms with van der Waals surface area (Å²) in [5, 5.41) is 13.6. The largest absolute Gasteiger partial charge is 0.371 e. The Kier molecular flexibility index (Phi) is 4.52. The van der Waals surface area contributed by atoms with E-state index in [1.165, 1.54) is 22.4 Å². The SMILES string of the molecule is C[NH+](C)CCCNc1c2c(c(C#N)c3nc4ccccc4n13)CCCC2. The second-order valence-corrected chi connectivity index (χ2v) is 7.50. The molecule has 0 fully saturated rings. The molecule has 0 spiro atoms. The van der Waals surface area contributed by atoms with Crippen molar-refractivity contribution >= 4 is 22.5 Å². The van der Waals surface area contributed by atoms with Crippen LogP contribution >= 0.6 is 0 Å². The summed E-state index contributed by atoms with van der Waals surface area (Å²) in [5.74, 6) is 1.15. The van der Waals surface area contributed by atoms with Crippen LogP contribution in [-0.4, -0.2) is 36.6 Å². The maximum atomic E-state index is 9.86. The summed E-state index contributed by atoms with van der Waals surface area (Å²) in [4.78, 5) is 6.27. The summed E-state index contributed by atoms with van der Waals surface area (Å²) in [5.41, 5.74) is 6.12. The van der Waals surface area contributed by atoms with Gasteiger partial charge in [-0.25, -0.2) is 4.98 Å². The van der Waals surface area contributed by atoms with Gasteiger partial charge in [0.2, 0.25) is 0 Å². The lowest BCUT2D eigenvalue weighted by molar-refractivity contribution is -0.858. The van der Waals surface area contributed by atoms with E-state index in [9.17, 15) is 5.26 Å². The zero-order chi connectivity index (χ0) is 18.1. The average Bonchev–Trinajstić information content (AvgIpc) is 3.03. The lowest BCUT2D eigenvalue weighted by Gasteiger charge is -2.23. The second kappa shape index (κ2) is 6.97. The Morgan fingerprint density at radius 3 is 2.73 bits per heavy atom. The molecule has 0 saturated heterocycles. The van der Waals surface area contributed by atoms with E-state index in [4.69, 9.17) is 4.98 Å². The Morgan fingerprint density at radius 1 is 1.19 bits per heavy atom. The van der Waals surface area contributed by atoms with Crippen LogP contribution in [0.25, 0.3) is 16.7 Å². The first-order valence-corrected chi connectivity index (χ1v) is 9.58. The predicted octanol–water partition coefficient (Wildman–Crippen LogP) is 2.18. The number of anilines is 1. The normalized spacial score (nSPS) is 13.9. The Balaban J connectivity index is 1.91. The Labute approximate surface area is 154 Å². The smallest absolute Gasteiger partial charge is 0.157 e. The first-order chi connectivity index (χ1) is 12.7. The number of nitriles is 1. The average molecular weight is 348 g/mol. The third kappa shape index (κ3) is 2.81. The number of rotatable bonds is 5. The topological polar surface area (TPSA) is 57.6 Å². The minimum absolute atomic E-state index is 0.763. The quantitative estimate of drug-likeness (QED) is 0.695.